The van der Waals surface area contributed by atoms with Crippen molar-refractivity contribution in [2.24, 2.45) is 0 Å². The number of aromatic nitrogens is 3. The summed E-state index contributed by atoms with van der Waals surface area (Å²) >= 11 is 4.92. The molecule has 0 radical (unpaired) electrons. The number of para-hydroxylation sites is 1. The molecule has 1 aliphatic heterocycles. The highest BCUT2D eigenvalue weighted by Gasteiger charge is 2.39. The third kappa shape index (κ3) is 4.94. The lowest BCUT2D eigenvalue weighted by atomic mass is 10.0. The van der Waals surface area contributed by atoms with Crippen molar-refractivity contribution in [3.63, 3.8) is 0 Å². The van der Waals surface area contributed by atoms with Gasteiger partial charge in [-0.15, -0.1) is 0 Å². The summed E-state index contributed by atoms with van der Waals surface area (Å²) in [6.07, 6.45) is -0.612. The van der Waals surface area contributed by atoms with Gasteiger partial charge in [0.05, 0.1) is 16.8 Å². The van der Waals surface area contributed by atoms with Gasteiger partial charge in [-0.25, -0.2) is 4.79 Å². The second-order valence-corrected chi connectivity index (χ2v) is 9.66. The van der Waals surface area contributed by atoms with Gasteiger partial charge in [-0.1, -0.05) is 70.2 Å². The number of carbonyl (C=O) groups is 1. The lowest BCUT2D eigenvalue weighted by molar-refractivity contribution is -0.759. The molecule has 1 aromatic heterocycles. The first-order valence-electron chi connectivity index (χ1n) is 10.7. The van der Waals surface area contributed by atoms with E-state index in [0.29, 0.717) is 27.9 Å². The fourth-order valence-corrected chi connectivity index (χ4v) is 5.08. The average molecular weight is 552 g/mol. The minimum absolute atomic E-state index is 0.266. The molecule has 1 atom stereocenters. The number of aromatic amines is 1. The molecule has 5 rings (SSSR count). The van der Waals surface area contributed by atoms with Gasteiger partial charge in [-0.3, -0.25) is 9.78 Å². The number of hydrogen-bond acceptors (Lipinski definition) is 6. The van der Waals surface area contributed by atoms with Crippen molar-refractivity contribution in [2.45, 2.75) is 17.1 Å². The van der Waals surface area contributed by atoms with Crippen molar-refractivity contribution in [1.29, 1.82) is 0 Å². The third-order valence-corrected chi connectivity index (χ3v) is 6.85. The Bertz CT molecular complexity index is 1460. The summed E-state index contributed by atoms with van der Waals surface area (Å²) in [5.74, 6) is -0.0590. The molecule has 2 heterocycles. The molecule has 0 bridgehead atoms. The second-order valence-electron chi connectivity index (χ2n) is 7.78. The van der Waals surface area contributed by atoms with E-state index < -0.39 is 18.7 Å². The molecule has 0 fully saturated rings. The fourth-order valence-electron chi connectivity index (χ4n) is 3.89. The van der Waals surface area contributed by atoms with Crippen molar-refractivity contribution in [2.75, 3.05) is 11.9 Å². The first-order valence-corrected chi connectivity index (χ1v) is 12.5. The standard InChI is InChI=1S/C25H19BrN4O4S/c26-16-10-11-20(34-13-21(31)32)18(12-16)23-27-19-9-5-4-8-17(19)22-24(33)28-25(29-30(22)23)35-14-15-6-2-1-3-7-15/h1-12,23H,13-14H2,(H2,28,29,31,32,33)/p+1/t23-/m1/s1. The van der Waals surface area contributed by atoms with Gasteiger partial charge in [0.25, 0.3) is 6.17 Å². The maximum atomic E-state index is 13.3. The van der Waals surface area contributed by atoms with Crippen LogP contribution in [0, 0.1) is 0 Å². The van der Waals surface area contributed by atoms with Crippen LogP contribution in [0.15, 0.2) is 87.2 Å². The number of carboxylic acid groups (broad SMARTS) is 1. The quantitative estimate of drug-likeness (QED) is 0.233. The van der Waals surface area contributed by atoms with E-state index in [1.807, 2.05) is 60.7 Å². The first-order chi connectivity index (χ1) is 17.0. The topological polar surface area (TPSA) is 108 Å². The van der Waals surface area contributed by atoms with Crippen LogP contribution in [-0.2, 0) is 10.5 Å². The van der Waals surface area contributed by atoms with Crippen LogP contribution < -0.4 is 20.3 Å². The van der Waals surface area contributed by atoms with Gasteiger partial charge in [0.2, 0.25) is 5.16 Å². The largest absolute Gasteiger partial charge is 0.481 e. The summed E-state index contributed by atoms with van der Waals surface area (Å²) in [6, 6.07) is 22.7. The summed E-state index contributed by atoms with van der Waals surface area (Å²) in [7, 11) is 0. The smallest absolute Gasteiger partial charge is 0.341 e. The maximum Gasteiger partial charge on any atom is 0.341 e. The Morgan fingerprint density at radius 1 is 1.11 bits per heavy atom. The molecule has 0 amide bonds. The molecule has 176 valence electrons. The molecule has 0 unspecified atom stereocenters. The Morgan fingerprint density at radius 3 is 2.69 bits per heavy atom. The summed E-state index contributed by atoms with van der Waals surface area (Å²) in [4.78, 5) is 27.4. The number of nitrogens with zero attached hydrogens (tertiary/aromatic N) is 2. The van der Waals surface area contributed by atoms with E-state index in [4.69, 9.17) is 14.9 Å². The molecular formula is C25H20BrN4O4S+. The lowest BCUT2D eigenvalue weighted by Gasteiger charge is -2.23. The van der Waals surface area contributed by atoms with Crippen LogP contribution >= 0.6 is 27.7 Å². The van der Waals surface area contributed by atoms with Gasteiger partial charge in [0.1, 0.15) is 5.75 Å². The van der Waals surface area contributed by atoms with Crippen molar-refractivity contribution >= 4 is 39.3 Å². The number of fused-ring (bicyclic) bond motifs is 3. The number of ether oxygens (including phenoxy) is 1. The third-order valence-electron chi connectivity index (χ3n) is 5.42. The highest BCUT2D eigenvalue weighted by atomic mass is 79.9. The van der Waals surface area contributed by atoms with Crippen molar-refractivity contribution in [3.05, 3.63) is 98.7 Å². The van der Waals surface area contributed by atoms with Gasteiger partial charge in [-0.2, -0.15) is 0 Å². The van der Waals surface area contributed by atoms with E-state index in [9.17, 15) is 9.59 Å². The Labute approximate surface area is 213 Å². The Balaban J connectivity index is 1.61. The minimum atomic E-state index is -1.08. The SMILES string of the molecule is O=C(O)COc1ccc(Br)cc1[C@@H]1Nc2ccccc2-c2c(=O)[nH]c(SCc3ccccc3)n[n+]21. The predicted molar refractivity (Wildman–Crippen MR) is 136 cm³/mol. The molecule has 8 nitrogen and oxygen atoms in total. The maximum absolute atomic E-state index is 13.3. The van der Waals surface area contributed by atoms with Crippen LogP contribution in [0.4, 0.5) is 5.69 Å². The van der Waals surface area contributed by atoms with Crippen LogP contribution in [0.1, 0.15) is 17.3 Å². The van der Waals surface area contributed by atoms with E-state index in [-0.39, 0.29) is 5.56 Å². The zero-order valence-corrected chi connectivity index (χ0v) is 20.7. The lowest BCUT2D eigenvalue weighted by Crippen LogP contribution is -2.55. The van der Waals surface area contributed by atoms with Gasteiger partial charge in [0, 0.05) is 15.3 Å². The van der Waals surface area contributed by atoms with E-state index >= 15 is 0 Å². The highest BCUT2D eigenvalue weighted by Crippen LogP contribution is 2.36. The number of benzene rings is 3. The number of aliphatic carboxylic acids is 1. The molecule has 0 aliphatic carbocycles. The Morgan fingerprint density at radius 2 is 1.89 bits per heavy atom. The molecule has 3 aromatic carbocycles. The zero-order valence-electron chi connectivity index (χ0n) is 18.3. The minimum Gasteiger partial charge on any atom is -0.481 e. The summed E-state index contributed by atoms with van der Waals surface area (Å²) in [6.45, 7) is -0.490. The predicted octanol–water partition coefficient (Wildman–Crippen LogP) is 4.22. The molecular weight excluding hydrogens is 532 g/mol. The van der Waals surface area contributed by atoms with Crippen LogP contribution in [-0.4, -0.2) is 27.8 Å². The summed E-state index contributed by atoms with van der Waals surface area (Å²) in [5.41, 5.74) is 3.37. The molecule has 0 saturated heterocycles. The van der Waals surface area contributed by atoms with E-state index in [1.54, 1.807) is 16.8 Å². The molecule has 0 spiro atoms. The van der Waals surface area contributed by atoms with Crippen molar-refractivity contribution in [1.82, 2.24) is 10.1 Å². The van der Waals surface area contributed by atoms with E-state index in [0.717, 1.165) is 21.3 Å². The number of anilines is 1. The second kappa shape index (κ2) is 9.93. The van der Waals surface area contributed by atoms with E-state index in [1.165, 1.54) is 11.8 Å². The van der Waals surface area contributed by atoms with Crippen molar-refractivity contribution in [3.8, 4) is 17.0 Å². The summed E-state index contributed by atoms with van der Waals surface area (Å²) in [5, 5.41) is 17.8. The number of rotatable bonds is 7. The number of nitrogens with one attached hydrogen (secondary N) is 2. The molecule has 3 N–H and O–H groups in total. The number of halogens is 1. The molecule has 1 aliphatic rings. The van der Waals surface area contributed by atoms with Gasteiger partial charge in [-0.05, 0) is 40.6 Å². The molecule has 10 heteroatoms. The number of H-pyrrole nitrogens is 1. The summed E-state index contributed by atoms with van der Waals surface area (Å²) < 4.78 is 8.00. The highest BCUT2D eigenvalue weighted by molar-refractivity contribution is 9.10. The molecule has 35 heavy (non-hydrogen) atoms. The van der Waals surface area contributed by atoms with Crippen LogP contribution in [0.2, 0.25) is 0 Å². The monoisotopic (exact) mass is 551 g/mol. The number of thioether (sulfide) groups is 1. The Hall–Kier alpha value is -3.63. The first kappa shape index (κ1) is 23.1. The van der Waals surface area contributed by atoms with Crippen molar-refractivity contribution < 1.29 is 19.3 Å². The zero-order chi connectivity index (χ0) is 24.4. The van der Waals surface area contributed by atoms with Crippen LogP contribution in [0.25, 0.3) is 11.3 Å². The van der Waals surface area contributed by atoms with Crippen LogP contribution in [0.3, 0.4) is 0 Å². The van der Waals surface area contributed by atoms with Gasteiger partial charge < -0.3 is 15.2 Å². The fraction of sp³-hybridized carbons (Fsp3) is 0.120. The normalized spacial score (nSPS) is 13.9. The van der Waals surface area contributed by atoms with Gasteiger partial charge in [0.15, 0.2) is 6.61 Å². The number of hydrogen-bond donors (Lipinski definition) is 3. The van der Waals surface area contributed by atoms with Crippen LogP contribution in [0.5, 0.6) is 5.75 Å². The molecule has 0 saturated carbocycles. The van der Waals surface area contributed by atoms with Gasteiger partial charge >= 0.3 is 17.2 Å². The average Bonchev–Trinajstić information content (AvgIpc) is 2.86. The number of carboxylic acids is 1. The Kier molecular flexibility index (Phi) is 6.56. The van der Waals surface area contributed by atoms with E-state index in [2.05, 4.69) is 26.2 Å². The molecule has 4 aromatic rings.